The Morgan fingerprint density at radius 1 is 1.00 bits per heavy atom. The lowest BCUT2D eigenvalue weighted by molar-refractivity contribution is 0.101. The summed E-state index contributed by atoms with van der Waals surface area (Å²) in [6, 6.07) is 12.9. The zero-order chi connectivity index (χ0) is 15.9. The van der Waals surface area contributed by atoms with Gasteiger partial charge in [-0.15, -0.1) is 0 Å². The van der Waals surface area contributed by atoms with E-state index in [4.69, 9.17) is 0 Å². The molecule has 0 aliphatic carbocycles. The molecule has 3 aromatic rings. The quantitative estimate of drug-likeness (QED) is 0.684. The maximum Gasteiger partial charge on any atom is 0.209 e. The normalized spacial score (nSPS) is 10.9. The van der Waals surface area contributed by atoms with Crippen molar-refractivity contribution in [2.45, 2.75) is 20.8 Å². The van der Waals surface area contributed by atoms with Crippen LogP contribution in [-0.2, 0) is 0 Å². The monoisotopic (exact) mass is 291 g/mol. The Hall–Kier alpha value is -2.68. The molecule has 0 bridgehead atoms. The van der Waals surface area contributed by atoms with Crippen LogP contribution in [0.15, 0.2) is 48.7 Å². The number of rotatable bonds is 3. The molecule has 3 nitrogen and oxygen atoms in total. The van der Waals surface area contributed by atoms with E-state index >= 15 is 0 Å². The van der Waals surface area contributed by atoms with Crippen molar-refractivity contribution in [3.8, 4) is 0 Å². The van der Waals surface area contributed by atoms with Crippen molar-refractivity contribution in [3.63, 3.8) is 0 Å². The number of ketones is 2. The van der Waals surface area contributed by atoms with Crippen molar-refractivity contribution in [2.75, 3.05) is 0 Å². The summed E-state index contributed by atoms with van der Waals surface area (Å²) in [5.74, 6) is -0.107. The van der Waals surface area contributed by atoms with Gasteiger partial charge in [0.1, 0.15) is 0 Å². The van der Waals surface area contributed by atoms with E-state index in [0.717, 1.165) is 16.6 Å². The molecule has 0 fully saturated rings. The molecule has 0 aliphatic heterocycles. The minimum absolute atomic E-state index is 0.0310. The summed E-state index contributed by atoms with van der Waals surface area (Å²) in [5.41, 5.74) is 4.61. The van der Waals surface area contributed by atoms with Gasteiger partial charge in [0.25, 0.3) is 0 Å². The van der Waals surface area contributed by atoms with Crippen LogP contribution in [0.1, 0.15) is 44.5 Å². The van der Waals surface area contributed by atoms with E-state index in [0.29, 0.717) is 16.8 Å². The summed E-state index contributed by atoms with van der Waals surface area (Å²) in [6.45, 7) is 5.48. The number of Topliss-reactive ketones (excluding diaryl/α,β-unsaturated/α-hetero) is 1. The standard InChI is InChI=1S/C19H17NO2/c1-12-9-13(2)18-16(14(3)21)10-17(20(18)11-12)19(22)15-7-5-4-6-8-15/h4-11H,1-3H3. The van der Waals surface area contributed by atoms with Gasteiger partial charge in [-0.3, -0.25) is 9.59 Å². The van der Waals surface area contributed by atoms with Gasteiger partial charge < -0.3 is 4.40 Å². The van der Waals surface area contributed by atoms with Gasteiger partial charge in [0.05, 0.1) is 11.2 Å². The van der Waals surface area contributed by atoms with Gasteiger partial charge >= 0.3 is 0 Å². The first-order valence-electron chi connectivity index (χ1n) is 7.22. The highest BCUT2D eigenvalue weighted by Crippen LogP contribution is 2.24. The van der Waals surface area contributed by atoms with Crippen molar-refractivity contribution >= 4 is 17.1 Å². The highest BCUT2D eigenvalue weighted by molar-refractivity contribution is 6.12. The Kier molecular flexibility index (Phi) is 3.41. The third kappa shape index (κ3) is 2.25. The number of carbonyl (C=O) groups excluding carboxylic acids is 2. The number of benzene rings is 1. The average molecular weight is 291 g/mol. The molecule has 110 valence electrons. The van der Waals surface area contributed by atoms with Crippen molar-refractivity contribution in [1.29, 1.82) is 0 Å². The summed E-state index contributed by atoms with van der Waals surface area (Å²) >= 11 is 0. The maximum absolute atomic E-state index is 12.8. The fourth-order valence-corrected chi connectivity index (χ4v) is 2.89. The maximum atomic E-state index is 12.8. The Balaban J connectivity index is 2.31. The summed E-state index contributed by atoms with van der Waals surface area (Å²) in [4.78, 5) is 24.7. The van der Waals surface area contributed by atoms with Crippen LogP contribution in [0.3, 0.4) is 0 Å². The molecule has 0 saturated carbocycles. The van der Waals surface area contributed by atoms with Crippen LogP contribution in [0.2, 0.25) is 0 Å². The summed E-state index contributed by atoms with van der Waals surface area (Å²) in [6.07, 6.45) is 1.91. The summed E-state index contributed by atoms with van der Waals surface area (Å²) < 4.78 is 1.84. The first kappa shape index (κ1) is 14.3. The molecule has 22 heavy (non-hydrogen) atoms. The van der Waals surface area contributed by atoms with Crippen LogP contribution in [0.5, 0.6) is 0 Å². The van der Waals surface area contributed by atoms with E-state index in [1.54, 1.807) is 18.2 Å². The molecule has 3 heteroatoms. The first-order chi connectivity index (χ1) is 10.5. The Labute approximate surface area is 129 Å². The van der Waals surface area contributed by atoms with Gasteiger partial charge in [-0.2, -0.15) is 0 Å². The smallest absolute Gasteiger partial charge is 0.209 e. The third-order valence-corrected chi connectivity index (χ3v) is 3.83. The van der Waals surface area contributed by atoms with E-state index in [1.165, 1.54) is 6.92 Å². The van der Waals surface area contributed by atoms with Gasteiger partial charge in [0.15, 0.2) is 5.78 Å². The predicted molar refractivity (Wildman–Crippen MR) is 86.8 cm³/mol. The first-order valence-corrected chi connectivity index (χ1v) is 7.22. The van der Waals surface area contributed by atoms with E-state index in [2.05, 4.69) is 0 Å². The Bertz CT molecular complexity index is 889. The molecule has 2 aromatic heterocycles. The van der Waals surface area contributed by atoms with Crippen molar-refractivity contribution < 1.29 is 9.59 Å². The van der Waals surface area contributed by atoms with Gasteiger partial charge in [-0.1, -0.05) is 36.4 Å². The highest BCUT2D eigenvalue weighted by atomic mass is 16.1. The molecular weight excluding hydrogens is 274 g/mol. The number of aryl methyl sites for hydroxylation is 2. The molecule has 0 amide bonds. The minimum atomic E-state index is -0.0758. The number of nitrogens with zero attached hydrogens (tertiary/aromatic N) is 1. The van der Waals surface area contributed by atoms with E-state index in [1.807, 2.05) is 48.7 Å². The molecule has 0 aliphatic rings. The molecule has 0 unspecified atom stereocenters. The molecule has 2 heterocycles. The average Bonchev–Trinajstić information content (AvgIpc) is 2.87. The zero-order valence-electron chi connectivity index (χ0n) is 12.9. The van der Waals surface area contributed by atoms with Gasteiger partial charge in [0, 0.05) is 17.3 Å². The number of aromatic nitrogens is 1. The van der Waals surface area contributed by atoms with Crippen LogP contribution >= 0.6 is 0 Å². The SMILES string of the molecule is CC(=O)c1cc(C(=O)c2ccccc2)n2cc(C)cc(C)c12. The molecule has 0 atom stereocenters. The zero-order valence-corrected chi connectivity index (χ0v) is 12.9. The predicted octanol–water partition coefficient (Wildman–Crippen LogP) is 3.99. The summed E-state index contributed by atoms with van der Waals surface area (Å²) in [7, 11) is 0. The second-order valence-electron chi connectivity index (χ2n) is 5.61. The van der Waals surface area contributed by atoms with Crippen molar-refractivity contribution in [1.82, 2.24) is 4.40 Å². The lowest BCUT2D eigenvalue weighted by Gasteiger charge is -2.07. The van der Waals surface area contributed by atoms with Crippen molar-refractivity contribution in [3.05, 3.63) is 76.6 Å². The van der Waals surface area contributed by atoms with Crippen LogP contribution < -0.4 is 0 Å². The van der Waals surface area contributed by atoms with Gasteiger partial charge in [0.2, 0.25) is 5.78 Å². The lowest BCUT2D eigenvalue weighted by Crippen LogP contribution is -2.05. The number of fused-ring (bicyclic) bond motifs is 1. The summed E-state index contributed by atoms with van der Waals surface area (Å²) in [5, 5.41) is 0. The van der Waals surface area contributed by atoms with E-state index in [9.17, 15) is 9.59 Å². The van der Waals surface area contributed by atoms with Gasteiger partial charge in [-0.25, -0.2) is 0 Å². The van der Waals surface area contributed by atoms with Crippen LogP contribution in [0.4, 0.5) is 0 Å². The second-order valence-corrected chi connectivity index (χ2v) is 5.61. The fraction of sp³-hybridized carbons (Fsp3) is 0.158. The van der Waals surface area contributed by atoms with Crippen LogP contribution in [0, 0.1) is 13.8 Å². The number of hydrogen-bond donors (Lipinski definition) is 0. The molecule has 1 aromatic carbocycles. The van der Waals surface area contributed by atoms with E-state index < -0.39 is 0 Å². The van der Waals surface area contributed by atoms with Crippen molar-refractivity contribution in [2.24, 2.45) is 0 Å². The molecule has 3 rings (SSSR count). The third-order valence-electron chi connectivity index (χ3n) is 3.83. The highest BCUT2D eigenvalue weighted by Gasteiger charge is 2.20. The van der Waals surface area contributed by atoms with Crippen LogP contribution in [0.25, 0.3) is 5.52 Å². The Morgan fingerprint density at radius 3 is 2.32 bits per heavy atom. The Morgan fingerprint density at radius 2 is 1.68 bits per heavy atom. The molecular formula is C19H17NO2. The van der Waals surface area contributed by atoms with Gasteiger partial charge in [-0.05, 0) is 38.0 Å². The molecule has 0 saturated heterocycles. The molecule has 0 N–H and O–H groups in total. The second kappa shape index (κ2) is 5.26. The van der Waals surface area contributed by atoms with Crippen LogP contribution in [-0.4, -0.2) is 16.0 Å². The van der Waals surface area contributed by atoms with E-state index in [-0.39, 0.29) is 11.6 Å². The largest absolute Gasteiger partial charge is 0.312 e. The molecule has 0 spiro atoms. The number of pyridine rings is 1. The number of carbonyl (C=O) groups is 2. The topological polar surface area (TPSA) is 38.5 Å². The fourth-order valence-electron chi connectivity index (χ4n) is 2.89. The lowest BCUT2D eigenvalue weighted by atomic mass is 10.1. The number of hydrogen-bond acceptors (Lipinski definition) is 2. The molecule has 0 radical (unpaired) electrons. The minimum Gasteiger partial charge on any atom is -0.312 e.